The van der Waals surface area contributed by atoms with E-state index in [4.69, 9.17) is 43.3 Å². The van der Waals surface area contributed by atoms with Gasteiger partial charge in [0.25, 0.3) is 0 Å². The van der Waals surface area contributed by atoms with Crippen LogP contribution >= 0.6 is 23.8 Å². The van der Waals surface area contributed by atoms with Crippen molar-refractivity contribution in [2.24, 2.45) is 0 Å². The summed E-state index contributed by atoms with van der Waals surface area (Å²) in [6.45, 7) is 6.78. The van der Waals surface area contributed by atoms with Crippen molar-refractivity contribution in [1.82, 2.24) is 15.3 Å². The summed E-state index contributed by atoms with van der Waals surface area (Å²) in [4.78, 5) is 14.1. The van der Waals surface area contributed by atoms with E-state index < -0.39 is 0 Å². The maximum Gasteiger partial charge on any atom is 0.232 e. The fourth-order valence-electron chi connectivity index (χ4n) is 5.40. The van der Waals surface area contributed by atoms with Gasteiger partial charge in [0.05, 0.1) is 26.4 Å². The molecule has 36 heavy (non-hydrogen) atoms. The maximum absolute atomic E-state index is 6.36. The number of hydrogen-bond acceptors (Lipinski definition) is 7. The Bertz CT molecular complexity index is 1000. The molecule has 2 N–H and O–H groups in total. The summed E-state index contributed by atoms with van der Waals surface area (Å²) < 4.78 is 11.1. The largest absolute Gasteiger partial charge is 0.378 e. The van der Waals surface area contributed by atoms with Crippen LogP contribution in [-0.4, -0.2) is 74.2 Å². The average Bonchev–Trinajstić information content (AvgIpc) is 2.93. The van der Waals surface area contributed by atoms with Crippen LogP contribution in [-0.2, 0) is 14.9 Å². The van der Waals surface area contributed by atoms with Crippen molar-refractivity contribution in [3.63, 3.8) is 0 Å². The first-order chi connectivity index (χ1) is 17.6. The molecule has 1 saturated carbocycles. The summed E-state index contributed by atoms with van der Waals surface area (Å²) in [6.07, 6.45) is 5.93. The maximum atomic E-state index is 6.36. The standard InChI is InChI=1S/C26H35ClN6O2S/c27-21-6-4-5-20(17-21)26(7-2-1-3-8-26)19-28-25(36)31-24-29-22(32-9-13-34-14-10-32)18-23(30-24)33-11-15-35-16-12-33/h4-6,17-18H,1-3,7-16,19H2,(H2,28,29,30,31,36). The molecule has 2 aliphatic heterocycles. The molecule has 3 aliphatic rings. The first-order valence-corrected chi connectivity index (χ1v) is 13.8. The highest BCUT2D eigenvalue weighted by Crippen LogP contribution is 2.39. The summed E-state index contributed by atoms with van der Waals surface area (Å²) in [5, 5.41) is 8.08. The van der Waals surface area contributed by atoms with E-state index in [-0.39, 0.29) is 5.41 Å². The third-order valence-electron chi connectivity index (χ3n) is 7.43. The van der Waals surface area contributed by atoms with Gasteiger partial charge in [-0.15, -0.1) is 0 Å². The third-order valence-corrected chi connectivity index (χ3v) is 7.91. The third kappa shape index (κ3) is 6.19. The zero-order chi connectivity index (χ0) is 24.8. The van der Waals surface area contributed by atoms with Crippen molar-refractivity contribution >= 4 is 46.5 Å². The van der Waals surface area contributed by atoms with Crippen molar-refractivity contribution < 1.29 is 9.47 Å². The van der Waals surface area contributed by atoms with E-state index in [1.165, 1.54) is 24.8 Å². The van der Waals surface area contributed by atoms with Gasteiger partial charge in [0, 0.05) is 49.2 Å². The Kier molecular flexibility index (Phi) is 8.41. The fraction of sp³-hybridized carbons (Fsp3) is 0.577. The molecule has 0 amide bonds. The molecule has 8 nitrogen and oxygen atoms in total. The molecule has 5 rings (SSSR count). The van der Waals surface area contributed by atoms with Crippen LogP contribution in [0.5, 0.6) is 0 Å². The van der Waals surface area contributed by atoms with Crippen molar-refractivity contribution in [2.75, 3.05) is 74.3 Å². The normalized spacial score (nSPS) is 20.1. The van der Waals surface area contributed by atoms with Crippen LogP contribution in [0.2, 0.25) is 5.02 Å². The highest BCUT2D eigenvalue weighted by molar-refractivity contribution is 7.80. The van der Waals surface area contributed by atoms with Crippen molar-refractivity contribution in [3.05, 3.63) is 40.9 Å². The van der Waals surface area contributed by atoms with E-state index >= 15 is 0 Å². The van der Waals surface area contributed by atoms with Crippen LogP contribution in [0.4, 0.5) is 17.6 Å². The van der Waals surface area contributed by atoms with Crippen LogP contribution in [0.3, 0.4) is 0 Å². The van der Waals surface area contributed by atoms with Gasteiger partial charge in [-0.25, -0.2) is 0 Å². The van der Waals surface area contributed by atoms with Crippen molar-refractivity contribution in [1.29, 1.82) is 0 Å². The molecule has 1 aromatic carbocycles. The molecule has 1 aromatic heterocycles. The molecule has 2 saturated heterocycles. The Morgan fingerprint density at radius 1 is 0.917 bits per heavy atom. The molecular formula is C26H35ClN6O2S. The topological polar surface area (TPSA) is 74.8 Å². The Morgan fingerprint density at radius 3 is 2.11 bits per heavy atom. The highest BCUT2D eigenvalue weighted by Gasteiger charge is 2.34. The predicted molar refractivity (Wildman–Crippen MR) is 149 cm³/mol. The Balaban J connectivity index is 1.31. The Morgan fingerprint density at radius 2 is 1.53 bits per heavy atom. The molecule has 0 atom stereocenters. The lowest BCUT2D eigenvalue weighted by Gasteiger charge is -2.38. The number of aromatic nitrogens is 2. The minimum Gasteiger partial charge on any atom is -0.378 e. The molecule has 2 aromatic rings. The van der Waals surface area contributed by atoms with Gasteiger partial charge in [-0.05, 0) is 42.8 Å². The van der Waals surface area contributed by atoms with Crippen LogP contribution in [0, 0.1) is 0 Å². The van der Waals surface area contributed by atoms with Gasteiger partial charge in [-0.3, -0.25) is 0 Å². The molecule has 1 aliphatic carbocycles. The van der Waals surface area contributed by atoms with E-state index in [0.717, 1.165) is 62.2 Å². The summed E-state index contributed by atoms with van der Waals surface area (Å²) >= 11 is 12.1. The Hall–Kier alpha value is -2.20. The second-order valence-corrected chi connectivity index (χ2v) is 10.6. The number of halogens is 1. The molecule has 0 spiro atoms. The first-order valence-electron chi connectivity index (χ1n) is 13.0. The molecule has 0 bridgehead atoms. The van der Waals surface area contributed by atoms with E-state index in [1.54, 1.807) is 0 Å². The number of ether oxygens (including phenoxy) is 2. The van der Waals surface area contributed by atoms with Gasteiger partial charge in [0.1, 0.15) is 11.6 Å². The Labute approximate surface area is 223 Å². The quantitative estimate of drug-likeness (QED) is 0.539. The van der Waals surface area contributed by atoms with Crippen molar-refractivity contribution in [3.8, 4) is 0 Å². The number of morpholine rings is 2. The average molecular weight is 531 g/mol. The first kappa shape index (κ1) is 25.4. The van der Waals surface area contributed by atoms with Gasteiger partial charge in [-0.1, -0.05) is 43.0 Å². The molecule has 10 heteroatoms. The number of thiocarbonyl (C=S) groups is 1. The lowest BCUT2D eigenvalue weighted by Crippen LogP contribution is -2.44. The van der Waals surface area contributed by atoms with E-state index in [2.05, 4.69) is 38.6 Å². The lowest BCUT2D eigenvalue weighted by atomic mass is 9.69. The monoisotopic (exact) mass is 530 g/mol. The minimum atomic E-state index is 0.0182. The number of nitrogens with zero attached hydrogens (tertiary/aromatic N) is 4. The molecular weight excluding hydrogens is 496 g/mol. The van der Waals surface area contributed by atoms with E-state index in [9.17, 15) is 0 Å². The predicted octanol–water partition coefficient (Wildman–Crippen LogP) is 3.99. The summed E-state index contributed by atoms with van der Waals surface area (Å²) in [5.41, 5.74) is 1.30. The number of hydrogen-bond donors (Lipinski definition) is 2. The zero-order valence-electron chi connectivity index (χ0n) is 20.7. The highest BCUT2D eigenvalue weighted by atomic mass is 35.5. The molecule has 3 fully saturated rings. The van der Waals surface area contributed by atoms with Gasteiger partial charge >= 0.3 is 0 Å². The van der Waals surface area contributed by atoms with Crippen LogP contribution < -0.4 is 20.4 Å². The van der Waals surface area contributed by atoms with Crippen LogP contribution in [0.15, 0.2) is 30.3 Å². The van der Waals surface area contributed by atoms with Gasteiger partial charge in [0.15, 0.2) is 5.11 Å². The summed E-state index contributed by atoms with van der Waals surface area (Å²) in [7, 11) is 0. The number of anilines is 3. The SMILES string of the molecule is S=C(NCC1(c2cccc(Cl)c2)CCCCC1)Nc1nc(N2CCOCC2)cc(N2CCOCC2)n1. The smallest absolute Gasteiger partial charge is 0.232 e. The second kappa shape index (κ2) is 11.9. The summed E-state index contributed by atoms with van der Waals surface area (Å²) in [5.74, 6) is 2.30. The molecule has 194 valence electrons. The number of rotatable bonds is 6. The summed E-state index contributed by atoms with van der Waals surface area (Å²) in [6, 6.07) is 10.3. The zero-order valence-corrected chi connectivity index (χ0v) is 22.3. The fourth-order valence-corrected chi connectivity index (χ4v) is 5.75. The molecule has 0 radical (unpaired) electrons. The van der Waals surface area contributed by atoms with Gasteiger partial charge < -0.3 is 29.9 Å². The van der Waals surface area contributed by atoms with E-state index in [1.807, 2.05) is 12.1 Å². The number of nitrogens with one attached hydrogen (secondary N) is 2. The van der Waals surface area contributed by atoms with Crippen LogP contribution in [0.1, 0.15) is 37.7 Å². The van der Waals surface area contributed by atoms with Gasteiger partial charge in [0.2, 0.25) is 5.95 Å². The van der Waals surface area contributed by atoms with Crippen molar-refractivity contribution in [2.45, 2.75) is 37.5 Å². The van der Waals surface area contributed by atoms with E-state index in [0.29, 0.717) is 37.5 Å². The molecule has 3 heterocycles. The van der Waals surface area contributed by atoms with Crippen LogP contribution in [0.25, 0.3) is 0 Å². The number of benzene rings is 1. The lowest BCUT2D eigenvalue weighted by molar-refractivity contribution is 0.122. The molecule has 0 unspecified atom stereocenters. The minimum absolute atomic E-state index is 0.0182. The van der Waals surface area contributed by atoms with Gasteiger partial charge in [-0.2, -0.15) is 9.97 Å². The second-order valence-electron chi connectivity index (χ2n) is 9.77.